The standard InChI is InChI=1S/C23H22O6S/c1-16-9-11-20(12-10-16)30(25,26)29-23-19(14-24)13-21(27-3)17(2)22(23)28-15-18-7-5-4-6-8-18/h4-14H,15H2,1-3H3. The number of benzene rings is 3. The zero-order chi connectivity index (χ0) is 21.7. The SMILES string of the molecule is COc1cc(C=O)c(OS(=O)(=O)c2ccc(C)cc2)c(OCc2ccccc2)c1C. The Morgan fingerprint density at radius 1 is 0.933 bits per heavy atom. The van der Waals surface area contributed by atoms with Gasteiger partial charge < -0.3 is 13.7 Å². The third-order valence-corrected chi connectivity index (χ3v) is 5.78. The molecule has 0 unspecified atom stereocenters. The first-order valence-corrected chi connectivity index (χ1v) is 10.6. The van der Waals surface area contributed by atoms with Crippen LogP contribution in [-0.2, 0) is 16.7 Å². The Morgan fingerprint density at radius 3 is 2.20 bits per heavy atom. The summed E-state index contributed by atoms with van der Waals surface area (Å²) in [5.74, 6) is 0.357. The lowest BCUT2D eigenvalue weighted by Crippen LogP contribution is -2.13. The number of aldehydes is 1. The van der Waals surface area contributed by atoms with Crippen molar-refractivity contribution in [1.82, 2.24) is 0 Å². The summed E-state index contributed by atoms with van der Waals surface area (Å²) in [6.07, 6.45) is 0.511. The van der Waals surface area contributed by atoms with Crippen molar-refractivity contribution in [1.29, 1.82) is 0 Å². The number of methoxy groups -OCH3 is 1. The van der Waals surface area contributed by atoms with Gasteiger partial charge in [-0.2, -0.15) is 8.42 Å². The van der Waals surface area contributed by atoms with E-state index in [4.69, 9.17) is 13.7 Å². The second-order valence-electron chi connectivity index (χ2n) is 6.69. The fraction of sp³-hybridized carbons (Fsp3) is 0.174. The molecule has 3 aromatic rings. The Morgan fingerprint density at radius 2 is 1.60 bits per heavy atom. The Hall–Kier alpha value is -3.32. The van der Waals surface area contributed by atoms with Crippen LogP contribution in [0.3, 0.4) is 0 Å². The maximum Gasteiger partial charge on any atom is 0.339 e. The van der Waals surface area contributed by atoms with Gasteiger partial charge in [0.15, 0.2) is 17.8 Å². The van der Waals surface area contributed by atoms with Gasteiger partial charge >= 0.3 is 10.1 Å². The second-order valence-corrected chi connectivity index (χ2v) is 8.24. The minimum atomic E-state index is -4.18. The van der Waals surface area contributed by atoms with Crippen molar-refractivity contribution in [2.75, 3.05) is 7.11 Å². The first-order chi connectivity index (χ1) is 14.4. The molecule has 0 saturated carbocycles. The molecule has 0 saturated heterocycles. The van der Waals surface area contributed by atoms with E-state index in [1.165, 1.54) is 25.3 Å². The van der Waals surface area contributed by atoms with E-state index in [-0.39, 0.29) is 28.6 Å². The normalized spacial score (nSPS) is 11.0. The molecule has 156 valence electrons. The molecule has 0 radical (unpaired) electrons. The van der Waals surface area contributed by atoms with Gasteiger partial charge in [0.05, 0.1) is 12.7 Å². The van der Waals surface area contributed by atoms with E-state index >= 15 is 0 Å². The average Bonchev–Trinajstić information content (AvgIpc) is 2.74. The highest BCUT2D eigenvalue weighted by Gasteiger charge is 2.25. The van der Waals surface area contributed by atoms with Crippen LogP contribution in [0, 0.1) is 13.8 Å². The zero-order valence-electron chi connectivity index (χ0n) is 16.9. The van der Waals surface area contributed by atoms with Crippen LogP contribution in [0.5, 0.6) is 17.2 Å². The van der Waals surface area contributed by atoms with Crippen molar-refractivity contribution in [3.63, 3.8) is 0 Å². The molecule has 0 bridgehead atoms. The summed E-state index contributed by atoms with van der Waals surface area (Å²) < 4.78 is 42.3. The van der Waals surface area contributed by atoms with Gasteiger partial charge in [0.2, 0.25) is 0 Å². The lowest BCUT2D eigenvalue weighted by molar-refractivity contribution is 0.112. The molecular weight excluding hydrogens is 404 g/mol. The lowest BCUT2D eigenvalue weighted by atomic mass is 10.1. The summed E-state index contributed by atoms with van der Waals surface area (Å²) in [4.78, 5) is 11.7. The van der Waals surface area contributed by atoms with Gasteiger partial charge in [0.25, 0.3) is 0 Å². The summed E-state index contributed by atoms with van der Waals surface area (Å²) in [6.45, 7) is 3.72. The van der Waals surface area contributed by atoms with E-state index < -0.39 is 10.1 Å². The van der Waals surface area contributed by atoms with Crippen molar-refractivity contribution < 1.29 is 26.9 Å². The van der Waals surface area contributed by atoms with Crippen LogP contribution in [-0.4, -0.2) is 21.8 Å². The molecule has 0 N–H and O–H groups in total. The van der Waals surface area contributed by atoms with E-state index in [9.17, 15) is 13.2 Å². The Balaban J connectivity index is 2.05. The molecule has 0 aliphatic heterocycles. The predicted molar refractivity (Wildman–Crippen MR) is 113 cm³/mol. The number of aryl methyl sites for hydroxylation is 1. The third kappa shape index (κ3) is 4.63. The molecule has 0 aromatic heterocycles. The van der Waals surface area contributed by atoms with Crippen LogP contribution in [0.4, 0.5) is 0 Å². The van der Waals surface area contributed by atoms with Gasteiger partial charge in [-0.25, -0.2) is 0 Å². The smallest absolute Gasteiger partial charge is 0.339 e. The third-order valence-electron chi connectivity index (χ3n) is 4.54. The largest absolute Gasteiger partial charge is 0.496 e. The molecule has 0 spiro atoms. The van der Waals surface area contributed by atoms with Crippen molar-refractivity contribution in [3.8, 4) is 17.2 Å². The molecule has 0 aliphatic rings. The monoisotopic (exact) mass is 426 g/mol. The lowest BCUT2D eigenvalue weighted by Gasteiger charge is -2.18. The molecule has 0 amide bonds. The van der Waals surface area contributed by atoms with Crippen LogP contribution in [0.1, 0.15) is 27.0 Å². The van der Waals surface area contributed by atoms with Gasteiger partial charge in [0, 0.05) is 5.56 Å². The number of hydrogen-bond acceptors (Lipinski definition) is 6. The molecule has 3 rings (SSSR count). The van der Waals surface area contributed by atoms with E-state index in [0.29, 0.717) is 17.6 Å². The van der Waals surface area contributed by atoms with Crippen LogP contribution >= 0.6 is 0 Å². The first kappa shape index (κ1) is 21.4. The topological polar surface area (TPSA) is 78.9 Å². The quantitative estimate of drug-likeness (QED) is 0.391. The molecule has 0 atom stereocenters. The molecule has 0 fully saturated rings. The minimum Gasteiger partial charge on any atom is -0.496 e. The summed E-state index contributed by atoms with van der Waals surface area (Å²) in [5.41, 5.74) is 2.32. The van der Waals surface area contributed by atoms with Crippen molar-refractivity contribution >= 4 is 16.4 Å². The number of rotatable bonds is 8. The summed E-state index contributed by atoms with van der Waals surface area (Å²) >= 11 is 0. The highest BCUT2D eigenvalue weighted by Crippen LogP contribution is 2.41. The molecule has 0 heterocycles. The van der Waals surface area contributed by atoms with Crippen molar-refractivity contribution in [3.05, 3.63) is 82.9 Å². The molecule has 30 heavy (non-hydrogen) atoms. The van der Waals surface area contributed by atoms with E-state index in [0.717, 1.165) is 11.1 Å². The van der Waals surface area contributed by atoms with E-state index in [1.54, 1.807) is 19.1 Å². The Kier molecular flexibility index (Phi) is 6.42. The van der Waals surface area contributed by atoms with Gasteiger partial charge in [-0.15, -0.1) is 0 Å². The van der Waals surface area contributed by atoms with Crippen LogP contribution < -0.4 is 13.7 Å². The first-order valence-electron chi connectivity index (χ1n) is 9.20. The number of carbonyl (C=O) groups excluding carboxylic acids is 1. The predicted octanol–water partition coefficient (Wildman–Crippen LogP) is 4.47. The number of ether oxygens (including phenoxy) is 2. The Bertz CT molecular complexity index is 1140. The van der Waals surface area contributed by atoms with E-state index in [2.05, 4.69) is 0 Å². The highest BCUT2D eigenvalue weighted by atomic mass is 32.2. The minimum absolute atomic E-state index is 0.0104. The van der Waals surface area contributed by atoms with Crippen LogP contribution in [0.2, 0.25) is 0 Å². The molecule has 3 aromatic carbocycles. The maximum absolute atomic E-state index is 12.8. The van der Waals surface area contributed by atoms with Gasteiger partial charge in [-0.05, 0) is 37.6 Å². The maximum atomic E-state index is 12.8. The summed E-state index contributed by atoms with van der Waals surface area (Å²) in [7, 11) is -2.72. The summed E-state index contributed by atoms with van der Waals surface area (Å²) in [5, 5.41) is 0. The molecule has 6 nitrogen and oxygen atoms in total. The fourth-order valence-corrected chi connectivity index (χ4v) is 3.84. The van der Waals surface area contributed by atoms with Crippen molar-refractivity contribution in [2.45, 2.75) is 25.3 Å². The van der Waals surface area contributed by atoms with Gasteiger partial charge in [-0.3, -0.25) is 4.79 Å². The number of hydrogen-bond donors (Lipinski definition) is 0. The van der Waals surface area contributed by atoms with Crippen LogP contribution in [0.25, 0.3) is 0 Å². The van der Waals surface area contributed by atoms with Gasteiger partial charge in [0.1, 0.15) is 17.3 Å². The molecule has 7 heteroatoms. The summed E-state index contributed by atoms with van der Waals surface area (Å²) in [6, 6.07) is 17.0. The Labute approximate surface area is 176 Å². The number of carbonyl (C=O) groups is 1. The average molecular weight is 426 g/mol. The molecular formula is C23H22O6S. The fourth-order valence-electron chi connectivity index (χ4n) is 2.88. The van der Waals surface area contributed by atoms with E-state index in [1.807, 2.05) is 37.3 Å². The highest BCUT2D eigenvalue weighted by molar-refractivity contribution is 7.87. The second kappa shape index (κ2) is 9.00. The van der Waals surface area contributed by atoms with Crippen LogP contribution in [0.15, 0.2) is 65.6 Å². The molecule has 0 aliphatic carbocycles. The van der Waals surface area contributed by atoms with Gasteiger partial charge in [-0.1, -0.05) is 48.0 Å². The zero-order valence-corrected chi connectivity index (χ0v) is 17.7. The van der Waals surface area contributed by atoms with Crippen molar-refractivity contribution in [2.24, 2.45) is 0 Å².